The van der Waals surface area contributed by atoms with Crippen LogP contribution in [-0.4, -0.2) is 0 Å². The van der Waals surface area contributed by atoms with Gasteiger partial charge in [0.25, 0.3) is 0 Å². The van der Waals surface area contributed by atoms with Gasteiger partial charge in [-0.25, -0.2) is 0 Å². The van der Waals surface area contributed by atoms with Crippen LogP contribution < -0.4 is 0 Å². The lowest BCUT2D eigenvalue weighted by Gasteiger charge is -2.01. The van der Waals surface area contributed by atoms with Crippen LogP contribution in [0.1, 0.15) is 45.4 Å². The fourth-order valence-electron chi connectivity index (χ4n) is 1.49. The summed E-state index contributed by atoms with van der Waals surface area (Å²) in [6.45, 7) is 2.26. The van der Waals surface area contributed by atoms with E-state index >= 15 is 0 Å². The second-order valence-corrected chi connectivity index (χ2v) is 4.84. The first-order chi connectivity index (χ1) is 7.43. The van der Waals surface area contributed by atoms with E-state index in [0.29, 0.717) is 0 Å². The van der Waals surface area contributed by atoms with Crippen molar-refractivity contribution in [3.05, 3.63) is 36.1 Å². The van der Waals surface area contributed by atoms with E-state index in [9.17, 15) is 0 Å². The lowest BCUT2D eigenvalue weighted by Crippen LogP contribution is -1.78. The third-order valence-electron chi connectivity index (χ3n) is 2.39. The molecule has 0 aromatic heterocycles. The second-order valence-electron chi connectivity index (χ2n) is 3.80. The molecule has 0 atom stereocenters. The molecule has 1 rings (SSSR count). The van der Waals surface area contributed by atoms with Gasteiger partial charge in [-0.1, -0.05) is 57.2 Å². The lowest BCUT2D eigenvalue weighted by atomic mass is 10.1. The summed E-state index contributed by atoms with van der Waals surface area (Å²) >= 11 is 1.86. The summed E-state index contributed by atoms with van der Waals surface area (Å²) in [5.41, 5.74) is 0. The average Bonchev–Trinajstić information content (AvgIpc) is 2.29. The molecule has 0 saturated heterocycles. The molecule has 0 fully saturated rings. The van der Waals surface area contributed by atoms with E-state index in [-0.39, 0.29) is 0 Å². The van der Waals surface area contributed by atoms with Crippen molar-refractivity contribution in [2.24, 2.45) is 0 Å². The zero-order valence-electron chi connectivity index (χ0n) is 9.61. The normalized spacial score (nSPS) is 10.5. The van der Waals surface area contributed by atoms with Crippen molar-refractivity contribution in [2.45, 2.75) is 50.3 Å². The smallest absolute Gasteiger partial charge is 0.0217 e. The van der Waals surface area contributed by atoms with Gasteiger partial charge in [0.05, 0.1) is 0 Å². The summed E-state index contributed by atoms with van der Waals surface area (Å²) < 4.78 is 0. The first kappa shape index (κ1) is 12.6. The fraction of sp³-hybridized carbons (Fsp3) is 0.500. The summed E-state index contributed by atoms with van der Waals surface area (Å²) in [6, 6.07) is 10.6. The molecule has 0 N–H and O–H groups in total. The highest BCUT2D eigenvalue weighted by molar-refractivity contribution is 8.01. The molecule has 1 heteroatoms. The van der Waals surface area contributed by atoms with Gasteiger partial charge in [-0.05, 0) is 18.6 Å². The number of thioether (sulfide) groups is 1. The van der Waals surface area contributed by atoms with Crippen LogP contribution in [0.3, 0.4) is 0 Å². The van der Waals surface area contributed by atoms with E-state index in [1.165, 1.54) is 43.4 Å². The summed E-state index contributed by atoms with van der Waals surface area (Å²) in [5.74, 6) is 2.33. The van der Waals surface area contributed by atoms with E-state index in [0.717, 1.165) is 0 Å². The Morgan fingerprint density at radius 1 is 1.00 bits per heavy atom. The molecular weight excluding hydrogens is 200 g/mol. The zero-order chi connectivity index (χ0) is 10.8. The van der Waals surface area contributed by atoms with E-state index in [4.69, 9.17) is 0 Å². The number of hydrogen-bond donors (Lipinski definition) is 0. The molecule has 0 nitrogen and oxygen atoms in total. The SMILES string of the molecule is CCCCCCC[CH]Sc1ccccc1. The second kappa shape index (κ2) is 8.84. The molecule has 0 spiro atoms. The molecule has 0 saturated carbocycles. The van der Waals surface area contributed by atoms with Crippen LogP contribution in [0.2, 0.25) is 0 Å². The molecule has 0 amide bonds. The van der Waals surface area contributed by atoms with Crippen molar-refractivity contribution < 1.29 is 0 Å². The molecule has 1 radical (unpaired) electrons. The van der Waals surface area contributed by atoms with E-state index in [2.05, 4.69) is 43.0 Å². The largest absolute Gasteiger partial charge is 0.122 e. The van der Waals surface area contributed by atoms with Gasteiger partial charge in [0.1, 0.15) is 0 Å². The summed E-state index contributed by atoms with van der Waals surface area (Å²) in [4.78, 5) is 1.35. The third kappa shape index (κ3) is 6.62. The quantitative estimate of drug-likeness (QED) is 0.424. The zero-order valence-corrected chi connectivity index (χ0v) is 10.4. The van der Waals surface area contributed by atoms with Gasteiger partial charge in [0, 0.05) is 10.6 Å². The van der Waals surface area contributed by atoms with Crippen molar-refractivity contribution in [1.82, 2.24) is 0 Å². The molecule has 0 aliphatic carbocycles. The van der Waals surface area contributed by atoms with E-state index < -0.39 is 0 Å². The van der Waals surface area contributed by atoms with Gasteiger partial charge in [0.2, 0.25) is 0 Å². The Balaban J connectivity index is 1.93. The predicted molar refractivity (Wildman–Crippen MR) is 70.0 cm³/mol. The van der Waals surface area contributed by atoms with Gasteiger partial charge >= 0.3 is 0 Å². The molecule has 0 unspecified atom stereocenters. The Kier molecular flexibility index (Phi) is 7.45. The third-order valence-corrected chi connectivity index (χ3v) is 3.33. The van der Waals surface area contributed by atoms with Crippen molar-refractivity contribution in [3.8, 4) is 0 Å². The monoisotopic (exact) mass is 221 g/mol. The minimum atomic E-state index is 1.24. The first-order valence-corrected chi connectivity index (χ1v) is 6.85. The van der Waals surface area contributed by atoms with Crippen LogP contribution in [0.5, 0.6) is 0 Å². The molecule has 15 heavy (non-hydrogen) atoms. The van der Waals surface area contributed by atoms with Gasteiger partial charge < -0.3 is 0 Å². The Morgan fingerprint density at radius 2 is 1.73 bits per heavy atom. The molecule has 1 aromatic carbocycles. The Bertz CT molecular complexity index is 230. The Hall–Kier alpha value is -0.430. The van der Waals surface area contributed by atoms with Crippen LogP contribution in [0.15, 0.2) is 35.2 Å². The van der Waals surface area contributed by atoms with Crippen molar-refractivity contribution in [1.29, 1.82) is 0 Å². The topological polar surface area (TPSA) is 0 Å². The van der Waals surface area contributed by atoms with E-state index in [1.807, 2.05) is 11.8 Å². The Morgan fingerprint density at radius 3 is 2.47 bits per heavy atom. The first-order valence-electron chi connectivity index (χ1n) is 5.97. The number of hydrogen-bond acceptors (Lipinski definition) is 1. The highest BCUT2D eigenvalue weighted by Crippen LogP contribution is 2.22. The van der Waals surface area contributed by atoms with Crippen molar-refractivity contribution in [3.63, 3.8) is 0 Å². The molecular formula is C14H21S. The summed E-state index contributed by atoms with van der Waals surface area (Å²) in [7, 11) is 0. The van der Waals surface area contributed by atoms with Crippen LogP contribution in [0.4, 0.5) is 0 Å². The van der Waals surface area contributed by atoms with Crippen LogP contribution in [-0.2, 0) is 0 Å². The van der Waals surface area contributed by atoms with Crippen LogP contribution in [0.25, 0.3) is 0 Å². The maximum Gasteiger partial charge on any atom is 0.0217 e. The van der Waals surface area contributed by atoms with Gasteiger partial charge in [-0.2, -0.15) is 0 Å². The molecule has 0 bridgehead atoms. The average molecular weight is 221 g/mol. The lowest BCUT2D eigenvalue weighted by molar-refractivity contribution is 0.635. The maximum atomic E-state index is 2.33. The standard InChI is InChI=1S/C14H21S/c1-2-3-4-5-6-10-13-15-14-11-8-7-9-12-14/h7-9,11-13H,2-6,10H2,1H3. The highest BCUT2D eigenvalue weighted by Gasteiger charge is 1.93. The van der Waals surface area contributed by atoms with Gasteiger partial charge in [-0.3, -0.25) is 0 Å². The molecule has 0 aliphatic heterocycles. The predicted octanol–water partition coefficient (Wildman–Crippen LogP) is 5.30. The minimum absolute atomic E-state index is 1.24. The number of benzene rings is 1. The number of unbranched alkanes of at least 4 members (excludes halogenated alkanes) is 5. The highest BCUT2D eigenvalue weighted by atomic mass is 32.2. The van der Waals surface area contributed by atoms with E-state index in [1.54, 1.807) is 0 Å². The summed E-state index contributed by atoms with van der Waals surface area (Å²) in [6.07, 6.45) is 8.11. The summed E-state index contributed by atoms with van der Waals surface area (Å²) in [5, 5.41) is 0. The number of rotatable bonds is 8. The van der Waals surface area contributed by atoms with Crippen LogP contribution >= 0.6 is 11.8 Å². The molecule has 1 aromatic rings. The molecule has 0 aliphatic rings. The molecule has 83 valence electrons. The van der Waals surface area contributed by atoms with Gasteiger partial charge in [0.15, 0.2) is 0 Å². The van der Waals surface area contributed by atoms with Crippen molar-refractivity contribution >= 4 is 11.8 Å². The Labute approximate surface area is 98.5 Å². The fourth-order valence-corrected chi connectivity index (χ4v) is 2.28. The van der Waals surface area contributed by atoms with Crippen molar-refractivity contribution in [2.75, 3.05) is 0 Å². The molecule has 0 heterocycles. The van der Waals surface area contributed by atoms with Crippen LogP contribution in [0, 0.1) is 5.75 Å². The maximum absolute atomic E-state index is 2.33. The van der Waals surface area contributed by atoms with Gasteiger partial charge in [-0.15, -0.1) is 11.8 Å². The minimum Gasteiger partial charge on any atom is -0.122 e.